The lowest BCUT2D eigenvalue weighted by Crippen LogP contribution is -1.85. The summed E-state index contributed by atoms with van der Waals surface area (Å²) < 4.78 is 1.15. The first-order valence-electron chi connectivity index (χ1n) is 4.48. The monoisotopic (exact) mass is 266 g/mol. The lowest BCUT2D eigenvalue weighted by atomic mass is 10.1. The summed E-state index contributed by atoms with van der Waals surface area (Å²) in [5, 5.41) is 0. The minimum atomic E-state index is 0.878. The highest BCUT2D eigenvalue weighted by molar-refractivity contribution is 14.1. The maximum atomic E-state index is 2.37. The molecule has 0 bridgehead atoms. The lowest BCUT2D eigenvalue weighted by Gasteiger charge is -2.01. The average Bonchev–Trinajstić information content (AvgIpc) is 1.96. The van der Waals surface area contributed by atoms with Crippen LogP contribution in [0.15, 0.2) is 12.2 Å². The summed E-state index contributed by atoms with van der Waals surface area (Å²) in [6.07, 6.45) is 9.96. The summed E-state index contributed by atoms with van der Waals surface area (Å²) in [6, 6.07) is 0. The second kappa shape index (κ2) is 8.57. The molecule has 0 rings (SSSR count). The molecule has 0 aliphatic carbocycles. The van der Waals surface area contributed by atoms with E-state index in [9.17, 15) is 0 Å². The van der Waals surface area contributed by atoms with Crippen molar-refractivity contribution in [2.24, 2.45) is 5.92 Å². The van der Waals surface area contributed by atoms with Gasteiger partial charge < -0.3 is 0 Å². The number of hydrogen-bond donors (Lipinski definition) is 0. The number of alkyl halides is 1. The van der Waals surface area contributed by atoms with Gasteiger partial charge in [0.2, 0.25) is 0 Å². The second-order valence-electron chi connectivity index (χ2n) is 3.30. The molecule has 0 N–H and O–H groups in total. The van der Waals surface area contributed by atoms with E-state index < -0.39 is 0 Å². The van der Waals surface area contributed by atoms with E-state index in [0.717, 1.165) is 10.3 Å². The molecule has 0 radical (unpaired) electrons. The Bertz CT molecular complexity index is 95.0. The molecule has 0 amide bonds. The van der Waals surface area contributed by atoms with E-state index >= 15 is 0 Å². The van der Waals surface area contributed by atoms with Crippen LogP contribution in [-0.2, 0) is 0 Å². The van der Waals surface area contributed by atoms with Gasteiger partial charge >= 0.3 is 0 Å². The molecular formula is C10H19I. The zero-order valence-corrected chi connectivity index (χ0v) is 9.80. The second-order valence-corrected chi connectivity index (χ2v) is 4.18. The topological polar surface area (TPSA) is 0 Å². The minimum absolute atomic E-state index is 0.878. The zero-order valence-electron chi connectivity index (χ0n) is 7.65. The van der Waals surface area contributed by atoms with Crippen LogP contribution in [0.4, 0.5) is 0 Å². The molecule has 0 spiro atoms. The van der Waals surface area contributed by atoms with Gasteiger partial charge in [-0.05, 0) is 18.8 Å². The quantitative estimate of drug-likeness (QED) is 0.292. The SMILES string of the molecule is CC(C)CCCC/C=C/CI. The molecule has 0 saturated carbocycles. The smallest absolute Gasteiger partial charge is 0.0175 e. The Balaban J connectivity index is 2.96. The van der Waals surface area contributed by atoms with E-state index in [2.05, 4.69) is 48.6 Å². The van der Waals surface area contributed by atoms with Crippen LogP contribution in [0, 0.1) is 5.92 Å². The first kappa shape index (κ1) is 11.5. The molecule has 0 aromatic rings. The fourth-order valence-electron chi connectivity index (χ4n) is 0.996. The fraction of sp³-hybridized carbons (Fsp3) is 0.800. The molecule has 0 aromatic carbocycles. The Morgan fingerprint density at radius 2 is 1.91 bits per heavy atom. The normalized spacial score (nSPS) is 11.6. The van der Waals surface area contributed by atoms with Gasteiger partial charge in [0.25, 0.3) is 0 Å². The van der Waals surface area contributed by atoms with Crippen LogP contribution in [0.25, 0.3) is 0 Å². The van der Waals surface area contributed by atoms with Gasteiger partial charge in [-0.25, -0.2) is 0 Å². The van der Waals surface area contributed by atoms with Gasteiger partial charge in [-0.2, -0.15) is 0 Å². The third-order valence-corrected chi connectivity index (χ3v) is 2.17. The van der Waals surface area contributed by atoms with E-state index in [4.69, 9.17) is 0 Å². The maximum absolute atomic E-state index is 2.37. The van der Waals surface area contributed by atoms with E-state index in [1.54, 1.807) is 0 Å². The van der Waals surface area contributed by atoms with Crippen molar-refractivity contribution in [3.05, 3.63) is 12.2 Å². The highest BCUT2D eigenvalue weighted by atomic mass is 127. The lowest BCUT2D eigenvalue weighted by molar-refractivity contribution is 0.540. The van der Waals surface area contributed by atoms with Crippen molar-refractivity contribution in [3.63, 3.8) is 0 Å². The molecule has 0 aliphatic rings. The molecule has 66 valence electrons. The van der Waals surface area contributed by atoms with Crippen molar-refractivity contribution >= 4 is 22.6 Å². The predicted octanol–water partition coefficient (Wildman–Crippen LogP) is 4.19. The summed E-state index contributed by atoms with van der Waals surface area (Å²) in [5.41, 5.74) is 0. The van der Waals surface area contributed by atoms with Crippen molar-refractivity contribution in [2.45, 2.75) is 39.5 Å². The first-order chi connectivity index (χ1) is 5.27. The summed E-state index contributed by atoms with van der Waals surface area (Å²) >= 11 is 2.37. The number of hydrogen-bond acceptors (Lipinski definition) is 0. The van der Waals surface area contributed by atoms with Crippen molar-refractivity contribution in [1.29, 1.82) is 0 Å². The molecule has 0 aliphatic heterocycles. The highest BCUT2D eigenvalue weighted by Crippen LogP contribution is 2.08. The Morgan fingerprint density at radius 3 is 2.45 bits per heavy atom. The average molecular weight is 266 g/mol. The molecule has 0 fully saturated rings. The van der Waals surface area contributed by atoms with Crippen molar-refractivity contribution in [1.82, 2.24) is 0 Å². The summed E-state index contributed by atoms with van der Waals surface area (Å²) in [4.78, 5) is 0. The Hall–Kier alpha value is 0.470. The standard InChI is InChI=1S/C10H19I/c1-10(2)8-6-4-3-5-7-9-11/h5,7,10H,3-4,6,8-9H2,1-2H3/b7-5+. The molecule has 1 heteroatoms. The third-order valence-electron chi connectivity index (χ3n) is 1.66. The predicted molar refractivity (Wildman–Crippen MR) is 61.3 cm³/mol. The molecule has 0 aromatic heterocycles. The molecule has 0 saturated heterocycles. The van der Waals surface area contributed by atoms with Gasteiger partial charge in [0.05, 0.1) is 0 Å². The fourth-order valence-corrected chi connectivity index (χ4v) is 1.36. The minimum Gasteiger partial charge on any atom is -0.0878 e. The van der Waals surface area contributed by atoms with Crippen LogP contribution in [0.3, 0.4) is 0 Å². The van der Waals surface area contributed by atoms with E-state index in [1.165, 1.54) is 25.7 Å². The van der Waals surface area contributed by atoms with Crippen molar-refractivity contribution in [3.8, 4) is 0 Å². The molecule has 0 heterocycles. The molecule has 0 nitrogen and oxygen atoms in total. The van der Waals surface area contributed by atoms with Crippen molar-refractivity contribution < 1.29 is 0 Å². The largest absolute Gasteiger partial charge is 0.0878 e. The number of unbranched alkanes of at least 4 members (excludes halogenated alkanes) is 2. The summed E-state index contributed by atoms with van der Waals surface area (Å²) in [5.74, 6) is 0.878. The van der Waals surface area contributed by atoms with E-state index in [0.29, 0.717) is 0 Å². The van der Waals surface area contributed by atoms with E-state index in [1.807, 2.05) is 0 Å². The summed E-state index contributed by atoms with van der Waals surface area (Å²) in [6.45, 7) is 4.58. The van der Waals surface area contributed by atoms with Crippen LogP contribution in [-0.4, -0.2) is 4.43 Å². The molecular weight excluding hydrogens is 247 g/mol. The van der Waals surface area contributed by atoms with Crippen LogP contribution in [0.2, 0.25) is 0 Å². The van der Waals surface area contributed by atoms with Gasteiger partial charge in [0, 0.05) is 4.43 Å². The first-order valence-corrected chi connectivity index (χ1v) is 6.01. The van der Waals surface area contributed by atoms with Gasteiger partial charge in [0.15, 0.2) is 0 Å². The number of halogens is 1. The molecule has 11 heavy (non-hydrogen) atoms. The van der Waals surface area contributed by atoms with Gasteiger partial charge in [-0.15, -0.1) is 0 Å². The van der Waals surface area contributed by atoms with Crippen LogP contribution in [0.5, 0.6) is 0 Å². The van der Waals surface area contributed by atoms with Crippen molar-refractivity contribution in [2.75, 3.05) is 4.43 Å². The highest BCUT2D eigenvalue weighted by Gasteiger charge is 1.91. The van der Waals surface area contributed by atoms with E-state index in [-0.39, 0.29) is 0 Å². The zero-order chi connectivity index (χ0) is 8.53. The summed E-state index contributed by atoms with van der Waals surface area (Å²) in [7, 11) is 0. The van der Waals surface area contributed by atoms with Crippen LogP contribution >= 0.6 is 22.6 Å². The third kappa shape index (κ3) is 10.5. The van der Waals surface area contributed by atoms with Gasteiger partial charge in [0.1, 0.15) is 0 Å². The van der Waals surface area contributed by atoms with Gasteiger partial charge in [-0.3, -0.25) is 0 Å². The number of rotatable bonds is 6. The maximum Gasteiger partial charge on any atom is 0.0175 e. The van der Waals surface area contributed by atoms with Gasteiger partial charge in [-0.1, -0.05) is 61.4 Å². The molecule has 0 atom stereocenters. The van der Waals surface area contributed by atoms with Crippen LogP contribution < -0.4 is 0 Å². The van der Waals surface area contributed by atoms with Crippen LogP contribution in [0.1, 0.15) is 39.5 Å². The Kier molecular flexibility index (Phi) is 8.93. The molecule has 0 unspecified atom stereocenters. The Labute approximate surface area is 84.6 Å². The number of allylic oxidation sites excluding steroid dienone is 2. The Morgan fingerprint density at radius 1 is 1.18 bits per heavy atom.